The fraction of sp³-hybridized carbons (Fsp3) is 0.324. The maximum atomic E-state index is 13.5. The van der Waals surface area contributed by atoms with Gasteiger partial charge in [-0.15, -0.1) is 11.3 Å². The number of carbonyl (C=O) groups excluding carboxylic acids is 2. The van der Waals surface area contributed by atoms with E-state index < -0.39 is 18.2 Å². The number of urea groups is 1. The van der Waals surface area contributed by atoms with Crippen molar-refractivity contribution in [2.75, 3.05) is 31.1 Å². The number of carbonyl (C=O) groups is 2. The summed E-state index contributed by atoms with van der Waals surface area (Å²) in [5.41, 5.74) is 4.86. The minimum Gasteiger partial charge on any atom is -0.444 e. The monoisotopic (exact) mass is 613 g/mol. The Bertz CT molecular complexity index is 1420. The summed E-state index contributed by atoms with van der Waals surface area (Å²) in [6.45, 7) is 2.80. The molecule has 0 aliphatic carbocycles. The number of piperazine rings is 1. The first-order valence-electron chi connectivity index (χ1n) is 15.0. The number of amides is 3. The van der Waals surface area contributed by atoms with Crippen molar-refractivity contribution >= 4 is 29.1 Å². The van der Waals surface area contributed by atoms with E-state index in [1.54, 1.807) is 11.7 Å². The van der Waals surface area contributed by atoms with Crippen LogP contribution in [0.5, 0.6) is 0 Å². The van der Waals surface area contributed by atoms with Gasteiger partial charge in [-0.05, 0) is 42.5 Å². The van der Waals surface area contributed by atoms with Crippen LogP contribution in [0.15, 0.2) is 103 Å². The Hall–Kier alpha value is -4.41. The molecule has 0 spiro atoms. The lowest BCUT2D eigenvalue weighted by Crippen LogP contribution is -2.55. The number of benzene rings is 3. The van der Waals surface area contributed by atoms with E-state index in [2.05, 4.69) is 32.7 Å². The number of hydrogen-bond donors (Lipinski definition) is 3. The van der Waals surface area contributed by atoms with Gasteiger partial charge in [0, 0.05) is 44.1 Å². The second-order valence-electron chi connectivity index (χ2n) is 10.9. The number of aliphatic hydroxyl groups excluding tert-OH is 1. The maximum absolute atomic E-state index is 13.5. The predicted molar refractivity (Wildman–Crippen MR) is 173 cm³/mol. The molecule has 3 atom stereocenters. The second-order valence-corrected chi connectivity index (χ2v) is 11.9. The Morgan fingerprint density at radius 3 is 2.07 bits per heavy atom. The van der Waals surface area contributed by atoms with Gasteiger partial charge in [-0.1, -0.05) is 78.9 Å². The van der Waals surface area contributed by atoms with Gasteiger partial charge in [0.1, 0.15) is 6.61 Å². The van der Waals surface area contributed by atoms with Crippen LogP contribution >= 0.6 is 11.3 Å². The number of anilines is 1. The second kappa shape index (κ2) is 15.9. The largest absolute Gasteiger partial charge is 0.444 e. The normalized spacial score (nSPS) is 15.2. The Kier molecular flexibility index (Phi) is 11.2. The molecule has 44 heavy (non-hydrogen) atoms. The third kappa shape index (κ3) is 9.29. The van der Waals surface area contributed by atoms with E-state index in [0.29, 0.717) is 25.9 Å². The zero-order valence-electron chi connectivity index (χ0n) is 24.6. The molecular formula is C34H39N5O4S. The first-order valence-corrected chi connectivity index (χ1v) is 15.8. The fourth-order valence-electron chi connectivity index (χ4n) is 5.41. The highest BCUT2D eigenvalue weighted by molar-refractivity contribution is 7.09. The Labute approximate surface area is 262 Å². The summed E-state index contributed by atoms with van der Waals surface area (Å²) >= 11 is 1.41. The van der Waals surface area contributed by atoms with Crippen LogP contribution in [0.4, 0.5) is 15.3 Å². The molecule has 5 rings (SSSR count). The third-order valence-corrected chi connectivity index (χ3v) is 8.52. The molecule has 4 aromatic rings. The summed E-state index contributed by atoms with van der Waals surface area (Å²) in [5.74, 6) is 0. The Morgan fingerprint density at radius 1 is 0.841 bits per heavy atom. The molecule has 3 unspecified atom stereocenters. The summed E-state index contributed by atoms with van der Waals surface area (Å²) in [7, 11) is 0. The van der Waals surface area contributed by atoms with E-state index in [-0.39, 0.29) is 25.1 Å². The van der Waals surface area contributed by atoms with Crippen molar-refractivity contribution in [3.05, 3.63) is 119 Å². The van der Waals surface area contributed by atoms with Crippen molar-refractivity contribution in [1.82, 2.24) is 20.5 Å². The molecular weight excluding hydrogens is 574 g/mol. The van der Waals surface area contributed by atoms with Crippen molar-refractivity contribution in [1.29, 1.82) is 0 Å². The van der Waals surface area contributed by atoms with E-state index in [4.69, 9.17) is 4.74 Å². The minimum absolute atomic E-state index is 0.106. The molecule has 3 N–H and O–H groups in total. The number of thiazole rings is 1. The van der Waals surface area contributed by atoms with Crippen molar-refractivity contribution < 1.29 is 19.4 Å². The number of aromatic nitrogens is 1. The average molecular weight is 614 g/mol. The SMILES string of the molecule is O=C(NC(Cc1ccccc1)C(O)CC(Cc1ccccc1)NC(=O)N1CCN(c2ccccc2)CC1)OCc1cncs1. The van der Waals surface area contributed by atoms with Crippen LogP contribution in [0, 0.1) is 0 Å². The molecule has 0 saturated carbocycles. The van der Waals surface area contributed by atoms with E-state index in [0.717, 1.165) is 34.8 Å². The average Bonchev–Trinajstić information content (AvgIpc) is 3.59. The van der Waals surface area contributed by atoms with E-state index in [9.17, 15) is 14.7 Å². The molecule has 9 nitrogen and oxygen atoms in total. The number of ether oxygens (including phenoxy) is 1. The number of nitrogens with one attached hydrogen (secondary N) is 2. The summed E-state index contributed by atoms with van der Waals surface area (Å²) in [6, 6.07) is 28.7. The van der Waals surface area contributed by atoms with Gasteiger partial charge in [0.15, 0.2) is 0 Å². The minimum atomic E-state index is -0.949. The van der Waals surface area contributed by atoms with Gasteiger partial charge < -0.3 is 30.3 Å². The first kappa shape index (κ1) is 31.0. The number of aliphatic hydroxyl groups is 1. The van der Waals surface area contributed by atoms with Gasteiger partial charge in [0.25, 0.3) is 0 Å². The van der Waals surface area contributed by atoms with Gasteiger partial charge in [-0.25, -0.2) is 9.59 Å². The van der Waals surface area contributed by atoms with Gasteiger partial charge in [-0.2, -0.15) is 0 Å². The highest BCUT2D eigenvalue weighted by Crippen LogP contribution is 2.18. The Balaban J connectivity index is 1.24. The fourth-order valence-corrected chi connectivity index (χ4v) is 5.92. The van der Waals surface area contributed by atoms with E-state index >= 15 is 0 Å². The van der Waals surface area contributed by atoms with E-state index in [1.807, 2.05) is 83.8 Å². The van der Waals surface area contributed by atoms with Crippen molar-refractivity contribution in [2.45, 2.75) is 44.1 Å². The maximum Gasteiger partial charge on any atom is 0.407 e. The summed E-state index contributed by atoms with van der Waals surface area (Å²) < 4.78 is 5.42. The lowest BCUT2D eigenvalue weighted by molar-refractivity contribution is 0.0893. The molecule has 0 bridgehead atoms. The van der Waals surface area contributed by atoms with Crippen LogP contribution in [0.1, 0.15) is 22.4 Å². The first-order chi connectivity index (χ1) is 21.5. The molecule has 3 amide bonds. The van der Waals surface area contributed by atoms with Crippen LogP contribution < -0.4 is 15.5 Å². The third-order valence-electron chi connectivity index (χ3n) is 7.76. The number of nitrogens with zero attached hydrogens (tertiary/aromatic N) is 3. The van der Waals surface area contributed by atoms with Crippen molar-refractivity contribution in [3.63, 3.8) is 0 Å². The molecule has 1 aromatic heterocycles. The lowest BCUT2D eigenvalue weighted by atomic mass is 9.93. The van der Waals surface area contributed by atoms with Gasteiger partial charge >= 0.3 is 12.1 Å². The number of alkyl carbamates (subject to hydrolysis) is 1. The quantitative estimate of drug-likeness (QED) is 0.211. The smallest absolute Gasteiger partial charge is 0.407 e. The molecule has 1 fully saturated rings. The van der Waals surface area contributed by atoms with Crippen LogP contribution in [0.2, 0.25) is 0 Å². The number of hydrogen-bond acceptors (Lipinski definition) is 7. The van der Waals surface area contributed by atoms with E-state index in [1.165, 1.54) is 11.3 Å². The molecule has 10 heteroatoms. The Morgan fingerprint density at radius 2 is 1.45 bits per heavy atom. The lowest BCUT2D eigenvalue weighted by Gasteiger charge is -2.37. The number of para-hydroxylation sites is 1. The predicted octanol–water partition coefficient (Wildman–Crippen LogP) is 4.87. The number of rotatable bonds is 12. The topological polar surface area (TPSA) is 107 Å². The van der Waals surface area contributed by atoms with Crippen molar-refractivity contribution in [3.8, 4) is 0 Å². The zero-order valence-corrected chi connectivity index (χ0v) is 25.4. The molecule has 1 aliphatic heterocycles. The standard InChI is InChI=1S/C34H39N5O4S/c40-32(31(21-27-12-6-2-7-13-27)37-34(42)43-24-30-23-35-25-44-30)22-28(20-26-10-4-1-5-11-26)36-33(41)39-18-16-38(17-19-39)29-14-8-3-9-15-29/h1-15,23,25,28,31-32,40H,16-22,24H2,(H,36,41)(H,37,42). The highest BCUT2D eigenvalue weighted by atomic mass is 32.1. The van der Waals surface area contributed by atoms with Crippen LogP contribution in [-0.2, 0) is 24.2 Å². The highest BCUT2D eigenvalue weighted by Gasteiger charge is 2.29. The van der Waals surface area contributed by atoms with Crippen LogP contribution in [0.25, 0.3) is 0 Å². The molecule has 3 aromatic carbocycles. The molecule has 2 heterocycles. The van der Waals surface area contributed by atoms with Crippen molar-refractivity contribution in [2.24, 2.45) is 0 Å². The van der Waals surface area contributed by atoms with Gasteiger partial charge in [0.05, 0.1) is 22.5 Å². The summed E-state index contributed by atoms with van der Waals surface area (Å²) in [5, 5.41) is 17.6. The molecule has 1 aliphatic rings. The summed E-state index contributed by atoms with van der Waals surface area (Å²) in [4.78, 5) is 35.2. The van der Waals surface area contributed by atoms with Gasteiger partial charge in [-0.3, -0.25) is 4.98 Å². The molecule has 230 valence electrons. The van der Waals surface area contributed by atoms with Crippen LogP contribution in [-0.4, -0.2) is 71.5 Å². The van der Waals surface area contributed by atoms with Crippen LogP contribution in [0.3, 0.4) is 0 Å². The summed E-state index contributed by atoms with van der Waals surface area (Å²) in [6.07, 6.45) is 1.30. The zero-order chi connectivity index (χ0) is 30.6. The van der Waals surface area contributed by atoms with Gasteiger partial charge in [0.2, 0.25) is 0 Å². The molecule has 1 saturated heterocycles. The molecule has 0 radical (unpaired) electrons.